The summed E-state index contributed by atoms with van der Waals surface area (Å²) in [6.45, 7) is 0.546. The molecule has 260 valence electrons. The van der Waals surface area contributed by atoms with E-state index >= 15 is 0 Å². The molecule has 0 aliphatic carbocycles. The van der Waals surface area contributed by atoms with Crippen LogP contribution in [0.4, 0.5) is 9.59 Å². The van der Waals surface area contributed by atoms with Gasteiger partial charge in [-0.05, 0) is 58.4 Å². The van der Waals surface area contributed by atoms with Crippen LogP contribution >= 0.6 is 0 Å². The monoisotopic (exact) mass is 689 g/mol. The molecular weight excluding hydrogens is 651 g/mol. The Bertz CT molecular complexity index is 2170. The van der Waals surface area contributed by atoms with Gasteiger partial charge in [0.2, 0.25) is 5.91 Å². The van der Waals surface area contributed by atoms with E-state index in [0.717, 1.165) is 33.0 Å². The van der Waals surface area contributed by atoms with Crippen LogP contribution in [0, 0.1) is 0 Å². The number of benzene rings is 5. The molecule has 8 rings (SSSR count). The minimum absolute atomic E-state index is 0.0542. The predicted octanol–water partition coefficient (Wildman–Crippen LogP) is 7.19. The van der Waals surface area contributed by atoms with E-state index in [1.54, 1.807) is 9.80 Å². The summed E-state index contributed by atoms with van der Waals surface area (Å²) < 4.78 is 0. The molecule has 1 N–H and O–H groups in total. The van der Waals surface area contributed by atoms with Crippen molar-refractivity contribution in [2.75, 3.05) is 0 Å². The summed E-state index contributed by atoms with van der Waals surface area (Å²) in [5, 5.41) is 5.30. The van der Waals surface area contributed by atoms with Gasteiger partial charge in [0.15, 0.2) is 0 Å². The van der Waals surface area contributed by atoms with Crippen molar-refractivity contribution in [3.05, 3.63) is 167 Å². The van der Waals surface area contributed by atoms with E-state index in [1.807, 2.05) is 121 Å². The maximum atomic E-state index is 14.9. The average Bonchev–Trinajstić information content (AvgIpc) is 3.19. The molecule has 52 heavy (non-hydrogen) atoms. The van der Waals surface area contributed by atoms with Crippen LogP contribution in [0.15, 0.2) is 145 Å². The lowest BCUT2D eigenvalue weighted by Gasteiger charge is -2.53. The molecule has 3 aliphatic heterocycles. The third-order valence-corrected chi connectivity index (χ3v) is 10.2. The van der Waals surface area contributed by atoms with Crippen molar-refractivity contribution in [1.82, 2.24) is 24.9 Å². The number of hydrogen-bond acceptors (Lipinski definition) is 4. The van der Waals surface area contributed by atoms with Gasteiger partial charge in [0.25, 0.3) is 5.91 Å². The smallest absolute Gasteiger partial charge is 0.334 e. The quantitative estimate of drug-likeness (QED) is 0.177. The fourth-order valence-electron chi connectivity index (χ4n) is 7.65. The van der Waals surface area contributed by atoms with Gasteiger partial charge in [-0.1, -0.05) is 127 Å². The standard InChI is InChI=1S/C43H39N5O4/c49-39(44-27-33-23-24-34-19-10-11-20-35(34)25-33)36-21-12-22-37-40-45(28-31-15-6-2-7-16-31)42(51)46(29-32-17-8-3-9-18-32)43(52)48(40)38(41(50)47(36)37)26-30-13-4-1-5-14-30/h1-11,13-20,23-25,36,38H,12,21-22,26-29H2,(H,44,49)/t36-,38-/m1/s1. The summed E-state index contributed by atoms with van der Waals surface area (Å²) in [6.07, 6.45) is 1.74. The van der Waals surface area contributed by atoms with E-state index in [2.05, 4.69) is 17.4 Å². The molecule has 2 atom stereocenters. The first-order valence-corrected chi connectivity index (χ1v) is 17.8. The van der Waals surface area contributed by atoms with Crippen molar-refractivity contribution in [1.29, 1.82) is 0 Å². The van der Waals surface area contributed by atoms with Crippen molar-refractivity contribution < 1.29 is 19.2 Å². The number of nitrogens with zero attached hydrogens (tertiary/aromatic N) is 4. The van der Waals surface area contributed by atoms with Gasteiger partial charge < -0.3 is 5.32 Å². The van der Waals surface area contributed by atoms with E-state index in [0.29, 0.717) is 37.3 Å². The number of piperidine rings is 1. The van der Waals surface area contributed by atoms with Gasteiger partial charge in [-0.15, -0.1) is 0 Å². The maximum Gasteiger partial charge on any atom is 0.334 e. The lowest BCUT2D eigenvalue weighted by molar-refractivity contribution is -0.145. The van der Waals surface area contributed by atoms with E-state index in [9.17, 15) is 19.2 Å². The first-order chi connectivity index (χ1) is 25.5. The first-order valence-electron chi connectivity index (χ1n) is 17.8. The van der Waals surface area contributed by atoms with Gasteiger partial charge in [0, 0.05) is 13.0 Å². The number of carbonyl (C=O) groups excluding carboxylic acids is 4. The molecule has 5 aromatic rings. The summed E-state index contributed by atoms with van der Waals surface area (Å²) in [5.74, 6) is -0.203. The first kappa shape index (κ1) is 33.0. The second kappa shape index (κ2) is 14.2. The number of imide groups is 1. The highest BCUT2D eigenvalue weighted by Crippen LogP contribution is 2.41. The Morgan fingerprint density at radius 3 is 1.88 bits per heavy atom. The van der Waals surface area contributed by atoms with Gasteiger partial charge in [-0.3, -0.25) is 24.3 Å². The molecule has 0 saturated carbocycles. The highest BCUT2D eigenvalue weighted by Gasteiger charge is 2.54. The number of amides is 6. The van der Waals surface area contributed by atoms with Gasteiger partial charge in [0.1, 0.15) is 17.9 Å². The Hall–Kier alpha value is -6.22. The fraction of sp³-hybridized carbons (Fsp3) is 0.209. The van der Waals surface area contributed by atoms with Crippen molar-refractivity contribution in [3.63, 3.8) is 0 Å². The second-order valence-electron chi connectivity index (χ2n) is 13.6. The molecule has 6 amide bonds. The Morgan fingerprint density at radius 1 is 0.615 bits per heavy atom. The minimum atomic E-state index is -0.979. The summed E-state index contributed by atoms with van der Waals surface area (Å²) in [4.78, 5) is 64.3. The Morgan fingerprint density at radius 2 is 1.21 bits per heavy atom. The molecule has 5 aromatic carbocycles. The third kappa shape index (κ3) is 6.30. The van der Waals surface area contributed by atoms with Crippen LogP contribution in [0.1, 0.15) is 41.5 Å². The molecule has 0 aromatic heterocycles. The van der Waals surface area contributed by atoms with E-state index in [-0.39, 0.29) is 31.3 Å². The van der Waals surface area contributed by atoms with Gasteiger partial charge >= 0.3 is 12.1 Å². The lowest BCUT2D eigenvalue weighted by Crippen LogP contribution is -2.69. The number of carbonyl (C=O) groups is 4. The molecule has 9 heteroatoms. The molecule has 0 bridgehead atoms. The zero-order valence-corrected chi connectivity index (χ0v) is 28.7. The van der Waals surface area contributed by atoms with Crippen LogP contribution in [0.2, 0.25) is 0 Å². The summed E-state index contributed by atoms with van der Waals surface area (Å²) in [6, 6.07) is 40.0. The number of nitrogens with one attached hydrogen (secondary N) is 1. The van der Waals surface area contributed by atoms with Crippen molar-refractivity contribution in [2.45, 2.75) is 57.4 Å². The Labute approximate surface area is 302 Å². The number of rotatable bonds is 9. The number of allylic oxidation sites excluding steroid dienone is 1. The highest BCUT2D eigenvalue weighted by molar-refractivity contribution is 6.03. The highest BCUT2D eigenvalue weighted by atomic mass is 16.2. The molecule has 0 radical (unpaired) electrons. The summed E-state index contributed by atoms with van der Waals surface area (Å²) in [7, 11) is 0. The lowest BCUT2D eigenvalue weighted by atomic mass is 9.91. The van der Waals surface area contributed by atoms with E-state index in [4.69, 9.17) is 0 Å². The molecular formula is C43H39N5O4. The zero-order valence-electron chi connectivity index (χ0n) is 28.7. The molecule has 0 spiro atoms. The molecule has 3 aliphatic rings. The van der Waals surface area contributed by atoms with Gasteiger partial charge in [-0.2, -0.15) is 0 Å². The average molecular weight is 690 g/mol. The molecule has 2 fully saturated rings. The Kier molecular flexibility index (Phi) is 8.99. The van der Waals surface area contributed by atoms with Crippen molar-refractivity contribution >= 4 is 34.6 Å². The molecule has 3 heterocycles. The van der Waals surface area contributed by atoms with Crippen LogP contribution in [0.3, 0.4) is 0 Å². The van der Waals surface area contributed by atoms with Crippen LogP contribution in [-0.4, -0.2) is 55.6 Å². The molecule has 9 nitrogen and oxygen atoms in total. The SMILES string of the molecule is O=C(NCc1ccc2ccccc2c1)[C@H]1CCCC2=C3N(Cc4ccccc4)C(=O)N(Cc4ccccc4)C(=O)N3[C@H](Cc3ccccc3)C(=O)N21. The third-order valence-electron chi connectivity index (χ3n) is 10.2. The molecule has 0 unspecified atom stereocenters. The Balaban J connectivity index is 1.19. The van der Waals surface area contributed by atoms with Crippen LogP contribution in [0.5, 0.6) is 0 Å². The summed E-state index contributed by atoms with van der Waals surface area (Å²) in [5.41, 5.74) is 4.03. The maximum absolute atomic E-state index is 14.9. The largest absolute Gasteiger partial charge is 0.350 e. The minimum Gasteiger partial charge on any atom is -0.350 e. The van der Waals surface area contributed by atoms with Crippen molar-refractivity contribution in [3.8, 4) is 0 Å². The van der Waals surface area contributed by atoms with E-state index < -0.39 is 24.1 Å². The number of fused-ring (bicyclic) bond motifs is 3. The molecule has 2 saturated heterocycles. The van der Waals surface area contributed by atoms with E-state index in [1.165, 1.54) is 9.80 Å². The zero-order chi connectivity index (χ0) is 35.6. The van der Waals surface area contributed by atoms with Crippen molar-refractivity contribution in [2.24, 2.45) is 0 Å². The van der Waals surface area contributed by atoms with Gasteiger partial charge in [0.05, 0.1) is 18.8 Å². The predicted molar refractivity (Wildman–Crippen MR) is 198 cm³/mol. The van der Waals surface area contributed by atoms with Crippen LogP contribution in [0.25, 0.3) is 10.8 Å². The second-order valence-corrected chi connectivity index (χ2v) is 13.6. The topological polar surface area (TPSA) is 93.3 Å². The van der Waals surface area contributed by atoms with Gasteiger partial charge in [-0.25, -0.2) is 14.5 Å². The fourth-order valence-corrected chi connectivity index (χ4v) is 7.65. The summed E-state index contributed by atoms with van der Waals surface area (Å²) >= 11 is 0. The van der Waals surface area contributed by atoms with Crippen LogP contribution < -0.4 is 5.32 Å². The number of urea groups is 2. The normalized spacial score (nSPS) is 18.8. The number of hydrogen-bond donors (Lipinski definition) is 1. The van der Waals surface area contributed by atoms with Crippen LogP contribution in [-0.2, 0) is 35.6 Å².